The Balaban J connectivity index is 1.65. The number of nitrogens with zero attached hydrogens (tertiary/aromatic N) is 1. The van der Waals surface area contributed by atoms with Gasteiger partial charge in [-0.2, -0.15) is 0 Å². The summed E-state index contributed by atoms with van der Waals surface area (Å²) < 4.78 is 5.80. The highest BCUT2D eigenvalue weighted by atomic mass is 35.5. The van der Waals surface area contributed by atoms with Crippen molar-refractivity contribution in [3.63, 3.8) is 0 Å². The molecule has 1 aliphatic rings. The third-order valence-electron chi connectivity index (χ3n) is 4.75. The first-order valence-electron chi connectivity index (χ1n) is 9.32. The molecule has 0 radical (unpaired) electrons. The highest BCUT2D eigenvalue weighted by molar-refractivity contribution is 7.80. The number of carbonyl (C=O) groups excluding carboxylic acids is 2. The minimum Gasteiger partial charge on any atom is -0.457 e. The predicted octanol–water partition coefficient (Wildman–Crippen LogP) is 4.99. The van der Waals surface area contributed by atoms with Crippen LogP contribution in [0, 0.1) is 0 Å². The third-order valence-corrected chi connectivity index (χ3v) is 5.28. The lowest BCUT2D eigenvalue weighted by Gasteiger charge is -2.28. The summed E-state index contributed by atoms with van der Waals surface area (Å²) in [6.45, 7) is 2.05. The molecule has 0 aliphatic carbocycles. The van der Waals surface area contributed by atoms with Crippen molar-refractivity contribution in [1.29, 1.82) is 0 Å². The van der Waals surface area contributed by atoms with Crippen LogP contribution in [0.5, 0.6) is 0 Å². The maximum Gasteiger partial charge on any atom is 0.270 e. The van der Waals surface area contributed by atoms with Gasteiger partial charge in [0.1, 0.15) is 17.1 Å². The van der Waals surface area contributed by atoms with E-state index in [1.807, 2.05) is 36.4 Å². The Bertz CT molecular complexity index is 1160. The molecule has 5 nitrogen and oxygen atoms in total. The van der Waals surface area contributed by atoms with Crippen molar-refractivity contribution in [2.24, 2.45) is 0 Å². The summed E-state index contributed by atoms with van der Waals surface area (Å²) in [6, 6.07) is 18.1. The molecule has 0 bridgehead atoms. The van der Waals surface area contributed by atoms with E-state index in [4.69, 9.17) is 28.2 Å². The highest BCUT2D eigenvalue weighted by Gasteiger charge is 2.34. The van der Waals surface area contributed by atoms with Gasteiger partial charge in [-0.05, 0) is 78.8 Å². The first kappa shape index (κ1) is 20.1. The fourth-order valence-corrected chi connectivity index (χ4v) is 3.52. The number of hydrogen-bond donors (Lipinski definition) is 1. The van der Waals surface area contributed by atoms with Gasteiger partial charge in [0, 0.05) is 10.6 Å². The van der Waals surface area contributed by atoms with Gasteiger partial charge in [-0.1, -0.05) is 30.7 Å². The number of halogens is 1. The van der Waals surface area contributed by atoms with Crippen LogP contribution in [0.2, 0.25) is 5.02 Å². The van der Waals surface area contributed by atoms with Crippen LogP contribution in [0.4, 0.5) is 5.69 Å². The third kappa shape index (κ3) is 3.92. The van der Waals surface area contributed by atoms with Crippen molar-refractivity contribution in [2.75, 3.05) is 4.90 Å². The van der Waals surface area contributed by atoms with Gasteiger partial charge in [-0.3, -0.25) is 19.8 Å². The Morgan fingerprint density at radius 1 is 1.03 bits per heavy atom. The smallest absolute Gasteiger partial charge is 0.270 e. The second kappa shape index (κ2) is 8.26. The summed E-state index contributed by atoms with van der Waals surface area (Å²) in [5, 5.41) is 3.25. The summed E-state index contributed by atoms with van der Waals surface area (Å²) in [4.78, 5) is 26.8. The molecule has 4 rings (SSSR count). The van der Waals surface area contributed by atoms with Crippen molar-refractivity contribution in [3.05, 3.63) is 82.6 Å². The van der Waals surface area contributed by atoms with Crippen LogP contribution in [0.3, 0.4) is 0 Å². The first-order valence-corrected chi connectivity index (χ1v) is 10.1. The molecule has 0 atom stereocenters. The molecule has 0 spiro atoms. The Morgan fingerprint density at radius 2 is 1.73 bits per heavy atom. The molecule has 1 N–H and O–H groups in total. The second-order valence-corrected chi connectivity index (χ2v) is 7.51. The summed E-state index contributed by atoms with van der Waals surface area (Å²) in [6.07, 6.45) is 2.31. The fraction of sp³-hybridized carbons (Fsp3) is 0.0870. The van der Waals surface area contributed by atoms with Gasteiger partial charge < -0.3 is 4.42 Å². The van der Waals surface area contributed by atoms with Crippen LogP contribution in [0.25, 0.3) is 17.4 Å². The monoisotopic (exact) mass is 436 g/mol. The molecule has 3 aromatic rings. The van der Waals surface area contributed by atoms with E-state index in [2.05, 4.69) is 12.2 Å². The van der Waals surface area contributed by atoms with Gasteiger partial charge >= 0.3 is 0 Å². The van der Waals surface area contributed by atoms with E-state index in [0.29, 0.717) is 22.2 Å². The fourth-order valence-electron chi connectivity index (χ4n) is 3.11. The largest absolute Gasteiger partial charge is 0.457 e. The topological polar surface area (TPSA) is 62.6 Å². The highest BCUT2D eigenvalue weighted by Crippen LogP contribution is 2.27. The number of furan rings is 1. The number of hydrogen-bond acceptors (Lipinski definition) is 4. The lowest BCUT2D eigenvalue weighted by Crippen LogP contribution is -2.54. The molecule has 1 fully saturated rings. The molecule has 0 unspecified atom stereocenters. The van der Waals surface area contributed by atoms with Crippen LogP contribution < -0.4 is 10.2 Å². The summed E-state index contributed by atoms with van der Waals surface area (Å²) in [5.41, 5.74) is 2.51. The molecule has 1 saturated heterocycles. The molecular weight excluding hydrogens is 420 g/mol. The molecule has 150 valence electrons. The zero-order valence-electron chi connectivity index (χ0n) is 16.0. The van der Waals surface area contributed by atoms with E-state index in [-0.39, 0.29) is 10.7 Å². The van der Waals surface area contributed by atoms with Crippen LogP contribution in [0.15, 0.2) is 70.7 Å². The maximum atomic E-state index is 13.1. The van der Waals surface area contributed by atoms with Gasteiger partial charge in [-0.15, -0.1) is 0 Å². The van der Waals surface area contributed by atoms with Gasteiger partial charge in [0.2, 0.25) is 0 Å². The SMILES string of the molecule is CCc1ccc(N2C(=O)/C(=C/c3ccc(-c4ccc(Cl)cc4)o3)C(=O)NC2=S)cc1. The van der Waals surface area contributed by atoms with Gasteiger partial charge in [0.05, 0.1) is 5.69 Å². The molecule has 2 amide bonds. The molecule has 30 heavy (non-hydrogen) atoms. The summed E-state index contributed by atoms with van der Waals surface area (Å²) >= 11 is 11.2. The van der Waals surface area contributed by atoms with Crippen molar-refractivity contribution in [1.82, 2.24) is 5.32 Å². The number of anilines is 1. The quantitative estimate of drug-likeness (QED) is 0.355. The van der Waals surface area contributed by atoms with Gasteiger partial charge in [-0.25, -0.2) is 0 Å². The zero-order valence-corrected chi connectivity index (χ0v) is 17.6. The number of benzene rings is 2. The Hall–Kier alpha value is -3.22. The van der Waals surface area contributed by atoms with Crippen LogP contribution in [-0.4, -0.2) is 16.9 Å². The summed E-state index contributed by atoms with van der Waals surface area (Å²) in [7, 11) is 0. The van der Waals surface area contributed by atoms with Gasteiger partial charge in [0.25, 0.3) is 11.8 Å². The molecule has 2 aromatic carbocycles. The number of thiocarbonyl (C=S) groups is 1. The Kier molecular flexibility index (Phi) is 5.53. The average molecular weight is 437 g/mol. The average Bonchev–Trinajstić information content (AvgIpc) is 3.21. The van der Waals surface area contributed by atoms with E-state index in [0.717, 1.165) is 17.5 Å². The molecule has 7 heteroatoms. The predicted molar refractivity (Wildman–Crippen MR) is 121 cm³/mol. The number of rotatable bonds is 4. The van der Waals surface area contributed by atoms with Crippen molar-refractivity contribution >= 4 is 52.5 Å². The van der Waals surface area contributed by atoms with E-state index in [9.17, 15) is 9.59 Å². The van der Waals surface area contributed by atoms with Crippen molar-refractivity contribution < 1.29 is 14.0 Å². The normalized spacial score (nSPS) is 15.6. The minimum absolute atomic E-state index is 0.0488. The summed E-state index contributed by atoms with van der Waals surface area (Å²) in [5.74, 6) is -0.0782. The zero-order chi connectivity index (χ0) is 21.3. The molecule has 2 heterocycles. The number of nitrogens with one attached hydrogen (secondary N) is 1. The molecular formula is C23H17ClN2O3S. The first-order chi connectivity index (χ1) is 14.5. The molecule has 1 aromatic heterocycles. The van der Waals surface area contributed by atoms with E-state index < -0.39 is 11.8 Å². The van der Waals surface area contributed by atoms with Crippen LogP contribution in [0.1, 0.15) is 18.2 Å². The van der Waals surface area contributed by atoms with Crippen molar-refractivity contribution in [2.45, 2.75) is 13.3 Å². The number of carbonyl (C=O) groups is 2. The lowest BCUT2D eigenvalue weighted by molar-refractivity contribution is -0.122. The van der Waals surface area contributed by atoms with E-state index in [1.54, 1.807) is 24.3 Å². The van der Waals surface area contributed by atoms with E-state index in [1.165, 1.54) is 11.0 Å². The Labute approximate surface area is 183 Å². The van der Waals surface area contributed by atoms with Crippen LogP contribution in [-0.2, 0) is 16.0 Å². The number of amides is 2. The van der Waals surface area contributed by atoms with Gasteiger partial charge in [0.15, 0.2) is 5.11 Å². The van der Waals surface area contributed by atoms with Crippen molar-refractivity contribution in [3.8, 4) is 11.3 Å². The lowest BCUT2D eigenvalue weighted by atomic mass is 10.1. The molecule has 0 saturated carbocycles. The number of aryl methyl sites for hydroxylation is 1. The maximum absolute atomic E-state index is 13.1. The molecule has 1 aliphatic heterocycles. The standard InChI is InChI=1S/C23H17ClN2O3S/c1-2-14-3-9-17(10-4-14)26-22(28)19(21(27)25-23(26)30)13-18-11-12-20(29-18)15-5-7-16(24)8-6-15/h3-13H,2H2,1H3,(H,25,27,30)/b19-13+. The Morgan fingerprint density at radius 3 is 2.40 bits per heavy atom. The second-order valence-electron chi connectivity index (χ2n) is 6.69. The van der Waals surface area contributed by atoms with E-state index >= 15 is 0 Å². The minimum atomic E-state index is -0.559. The van der Waals surface area contributed by atoms with Crippen LogP contribution >= 0.6 is 23.8 Å².